The summed E-state index contributed by atoms with van der Waals surface area (Å²) in [6.07, 6.45) is 0. The van der Waals surface area contributed by atoms with E-state index in [0.29, 0.717) is 6.54 Å². The van der Waals surface area contributed by atoms with E-state index in [1.54, 1.807) is 0 Å². The Hall–Kier alpha value is -1.55. The molecule has 0 aliphatic heterocycles. The lowest BCUT2D eigenvalue weighted by atomic mass is 10.0. The first kappa shape index (κ1) is 16.5. The van der Waals surface area contributed by atoms with Crippen molar-refractivity contribution < 1.29 is 9.53 Å². The van der Waals surface area contributed by atoms with Crippen LogP contribution < -0.4 is 11.1 Å². The Morgan fingerprint density at radius 2 is 1.90 bits per heavy atom. The van der Waals surface area contributed by atoms with Crippen molar-refractivity contribution in [1.29, 1.82) is 0 Å². The summed E-state index contributed by atoms with van der Waals surface area (Å²) in [5.41, 5.74) is 7.15. The van der Waals surface area contributed by atoms with Gasteiger partial charge in [0.2, 0.25) is 0 Å². The highest BCUT2D eigenvalue weighted by Crippen LogP contribution is 2.14. The zero-order valence-electron chi connectivity index (χ0n) is 13.1. The van der Waals surface area contributed by atoms with Gasteiger partial charge in [0, 0.05) is 12.2 Å². The molecule has 1 unspecified atom stereocenters. The highest BCUT2D eigenvalue weighted by atomic mass is 16.6. The lowest BCUT2D eigenvalue weighted by Crippen LogP contribution is -2.44. The maximum Gasteiger partial charge on any atom is 0.323 e. The van der Waals surface area contributed by atoms with E-state index in [2.05, 4.69) is 5.32 Å². The Labute approximate surface area is 121 Å². The number of rotatable bonds is 5. The van der Waals surface area contributed by atoms with Crippen molar-refractivity contribution in [3.8, 4) is 0 Å². The lowest BCUT2D eigenvalue weighted by Gasteiger charge is -2.26. The smallest absolute Gasteiger partial charge is 0.323 e. The quantitative estimate of drug-likeness (QED) is 0.642. The van der Waals surface area contributed by atoms with Crippen molar-refractivity contribution in [1.82, 2.24) is 5.32 Å². The molecule has 0 saturated heterocycles. The predicted molar refractivity (Wildman–Crippen MR) is 82.2 cm³/mol. The molecule has 1 aromatic rings. The second-order valence-corrected chi connectivity index (χ2v) is 6.33. The summed E-state index contributed by atoms with van der Waals surface area (Å²) in [6, 6.07) is 7.30. The van der Waals surface area contributed by atoms with Crippen molar-refractivity contribution in [2.24, 2.45) is 5.92 Å². The minimum atomic E-state index is -0.475. The average molecular weight is 278 g/mol. The molecule has 0 heterocycles. The molecule has 4 heteroatoms. The molecule has 1 atom stereocenters. The molecule has 0 bridgehead atoms. The van der Waals surface area contributed by atoms with Gasteiger partial charge in [0.25, 0.3) is 0 Å². The van der Waals surface area contributed by atoms with Crippen molar-refractivity contribution in [2.45, 2.75) is 52.8 Å². The van der Waals surface area contributed by atoms with E-state index in [1.165, 1.54) is 0 Å². The van der Waals surface area contributed by atoms with Gasteiger partial charge in [-0.2, -0.15) is 0 Å². The maximum atomic E-state index is 12.2. The van der Waals surface area contributed by atoms with E-state index in [9.17, 15) is 4.79 Å². The average Bonchev–Trinajstić information content (AvgIpc) is 2.28. The first-order valence-electron chi connectivity index (χ1n) is 7.00. The molecular weight excluding hydrogens is 252 g/mol. The highest BCUT2D eigenvalue weighted by Gasteiger charge is 2.27. The number of hydrogen-bond donors (Lipinski definition) is 2. The van der Waals surface area contributed by atoms with Gasteiger partial charge in [-0.05, 0) is 38.3 Å². The standard InChI is InChI=1S/C16H26N2O2/c1-11(2)14(15(19)20-16(3,4)5)18-10-12-8-6-7-9-13(12)17/h6-9,11,14,18H,10,17H2,1-5H3. The van der Waals surface area contributed by atoms with Crippen LogP contribution in [-0.4, -0.2) is 17.6 Å². The van der Waals surface area contributed by atoms with Crippen molar-refractivity contribution >= 4 is 11.7 Å². The summed E-state index contributed by atoms with van der Waals surface area (Å²) in [6.45, 7) is 10.2. The van der Waals surface area contributed by atoms with Gasteiger partial charge >= 0.3 is 5.97 Å². The molecule has 0 fully saturated rings. The van der Waals surface area contributed by atoms with Gasteiger partial charge in [0.15, 0.2) is 0 Å². The van der Waals surface area contributed by atoms with E-state index >= 15 is 0 Å². The zero-order chi connectivity index (χ0) is 15.3. The van der Waals surface area contributed by atoms with Gasteiger partial charge in [0.05, 0.1) is 0 Å². The minimum absolute atomic E-state index is 0.148. The Morgan fingerprint density at radius 1 is 1.30 bits per heavy atom. The summed E-state index contributed by atoms with van der Waals surface area (Å²) >= 11 is 0. The van der Waals surface area contributed by atoms with Crippen LogP contribution >= 0.6 is 0 Å². The number of nitrogen functional groups attached to an aromatic ring is 1. The van der Waals surface area contributed by atoms with E-state index in [-0.39, 0.29) is 17.9 Å². The van der Waals surface area contributed by atoms with Crippen LogP contribution in [0.25, 0.3) is 0 Å². The molecule has 0 amide bonds. The van der Waals surface area contributed by atoms with Crippen LogP contribution in [-0.2, 0) is 16.1 Å². The summed E-state index contributed by atoms with van der Waals surface area (Å²) in [5.74, 6) is -0.0724. The number of carbonyl (C=O) groups excluding carboxylic acids is 1. The van der Waals surface area contributed by atoms with Crippen molar-refractivity contribution in [3.63, 3.8) is 0 Å². The summed E-state index contributed by atoms with van der Waals surface area (Å²) in [7, 11) is 0. The van der Waals surface area contributed by atoms with Crippen LogP contribution in [0.4, 0.5) is 5.69 Å². The van der Waals surface area contributed by atoms with Gasteiger partial charge in [-0.1, -0.05) is 32.0 Å². The second-order valence-electron chi connectivity index (χ2n) is 6.33. The number of carbonyl (C=O) groups is 1. The van der Waals surface area contributed by atoms with Crippen molar-refractivity contribution in [2.75, 3.05) is 5.73 Å². The Balaban J connectivity index is 2.69. The van der Waals surface area contributed by atoms with Crippen LogP contribution in [0.2, 0.25) is 0 Å². The minimum Gasteiger partial charge on any atom is -0.459 e. The number of benzene rings is 1. The van der Waals surface area contributed by atoms with Gasteiger partial charge in [-0.25, -0.2) is 0 Å². The SMILES string of the molecule is CC(C)C(NCc1ccccc1N)C(=O)OC(C)(C)C. The first-order valence-corrected chi connectivity index (χ1v) is 7.00. The third-order valence-electron chi connectivity index (χ3n) is 2.89. The molecule has 112 valence electrons. The molecule has 20 heavy (non-hydrogen) atoms. The van der Waals surface area contributed by atoms with Crippen LogP contribution in [0.1, 0.15) is 40.2 Å². The van der Waals surface area contributed by atoms with E-state index in [0.717, 1.165) is 11.3 Å². The van der Waals surface area contributed by atoms with E-state index in [4.69, 9.17) is 10.5 Å². The first-order chi connectivity index (χ1) is 9.20. The monoisotopic (exact) mass is 278 g/mol. The summed E-state index contributed by atoms with van der Waals surface area (Å²) in [5, 5.41) is 3.24. The molecular formula is C16H26N2O2. The number of anilines is 1. The third-order valence-corrected chi connectivity index (χ3v) is 2.89. The maximum absolute atomic E-state index is 12.2. The van der Waals surface area contributed by atoms with Gasteiger partial charge < -0.3 is 10.5 Å². The topological polar surface area (TPSA) is 64.3 Å². The number of ether oxygens (including phenoxy) is 1. The molecule has 3 N–H and O–H groups in total. The second kappa shape index (κ2) is 6.75. The third kappa shape index (κ3) is 5.21. The molecule has 4 nitrogen and oxygen atoms in total. The van der Waals surface area contributed by atoms with Crippen LogP contribution in [0.3, 0.4) is 0 Å². The van der Waals surface area contributed by atoms with Gasteiger partial charge in [-0.15, -0.1) is 0 Å². The highest BCUT2D eigenvalue weighted by molar-refractivity contribution is 5.76. The van der Waals surface area contributed by atoms with Crippen LogP contribution in [0.5, 0.6) is 0 Å². The van der Waals surface area contributed by atoms with Crippen LogP contribution in [0, 0.1) is 5.92 Å². The number of nitrogens with one attached hydrogen (secondary N) is 1. The fraction of sp³-hybridized carbons (Fsp3) is 0.562. The molecule has 0 saturated carbocycles. The molecule has 0 radical (unpaired) electrons. The van der Waals surface area contributed by atoms with Gasteiger partial charge in [-0.3, -0.25) is 10.1 Å². The number of nitrogens with two attached hydrogens (primary N) is 1. The number of esters is 1. The number of hydrogen-bond acceptors (Lipinski definition) is 4. The lowest BCUT2D eigenvalue weighted by molar-refractivity contribution is -0.158. The Morgan fingerprint density at radius 3 is 2.40 bits per heavy atom. The van der Waals surface area contributed by atoms with Crippen LogP contribution in [0.15, 0.2) is 24.3 Å². The molecule has 0 aliphatic carbocycles. The number of para-hydroxylation sites is 1. The van der Waals surface area contributed by atoms with Gasteiger partial charge in [0.1, 0.15) is 11.6 Å². The molecule has 1 aromatic carbocycles. The predicted octanol–water partition coefficient (Wildman–Crippen LogP) is 2.72. The van der Waals surface area contributed by atoms with Crippen molar-refractivity contribution in [3.05, 3.63) is 29.8 Å². The largest absolute Gasteiger partial charge is 0.459 e. The molecule has 1 rings (SSSR count). The van der Waals surface area contributed by atoms with E-state index < -0.39 is 5.60 Å². The fourth-order valence-electron chi connectivity index (χ4n) is 1.87. The molecule has 0 spiro atoms. The normalized spacial score (nSPS) is 13.3. The summed E-state index contributed by atoms with van der Waals surface area (Å²) < 4.78 is 5.45. The zero-order valence-corrected chi connectivity index (χ0v) is 13.1. The summed E-state index contributed by atoms with van der Waals surface area (Å²) in [4.78, 5) is 12.2. The molecule has 0 aliphatic rings. The molecule has 0 aromatic heterocycles. The fourth-order valence-corrected chi connectivity index (χ4v) is 1.87. The van der Waals surface area contributed by atoms with E-state index in [1.807, 2.05) is 58.9 Å². The Bertz CT molecular complexity index is 450. The Kier molecular flexibility index (Phi) is 5.57.